The Morgan fingerprint density at radius 2 is 0.978 bits per heavy atom. The number of unbranched alkanes of at least 4 members (excludes halogenated alkanes) is 2. The number of fused-ring (bicyclic) bond motifs is 9. The number of amides is 12. The monoisotopic (exact) mass is 1370 g/mol. The number of aliphatic hydroxyl groups excluding tert-OH is 1. The summed E-state index contributed by atoms with van der Waals surface area (Å²) in [6, 6.07) is -3.26. The van der Waals surface area contributed by atoms with E-state index in [1.165, 1.54) is 29.2 Å². The summed E-state index contributed by atoms with van der Waals surface area (Å²) in [6.45, 7) is 5.35. The largest absolute Gasteiger partial charge is 0.508 e. The molecule has 0 saturated carbocycles. The number of aliphatic carboxylic acids is 1. The molecule has 3 heterocycles. The Morgan fingerprint density at radius 1 is 0.527 bits per heavy atom. The number of carboxylic acids is 1. The average Bonchev–Trinajstić information content (AvgIpc) is 1.90. The van der Waals surface area contributed by atoms with Gasteiger partial charge >= 0.3 is 5.97 Å². The maximum Gasteiger partial charge on any atom is 0.327 e. The van der Waals surface area contributed by atoms with Crippen LogP contribution in [0.1, 0.15) is 103 Å². The predicted molar refractivity (Wildman–Crippen MR) is 351 cm³/mol. The molecule has 3 aliphatic heterocycles. The van der Waals surface area contributed by atoms with E-state index < -0.39 is 174 Å². The molecule has 0 aromatic heterocycles. The van der Waals surface area contributed by atoms with Crippen LogP contribution in [-0.4, -0.2) is 212 Å². The molecule has 12 amide bonds. The molecule has 3 aliphatic rings. The summed E-state index contributed by atoms with van der Waals surface area (Å²) in [5.41, 5.74) is 6.66. The second-order valence-electron chi connectivity index (χ2n) is 22.4. The number of hydrogen-bond donors (Lipinski definition) is 15. The van der Waals surface area contributed by atoms with Crippen LogP contribution in [0.5, 0.6) is 5.75 Å². The number of aromatic hydroxyl groups is 1. The lowest BCUT2D eigenvalue weighted by Gasteiger charge is -2.31. The van der Waals surface area contributed by atoms with Gasteiger partial charge in [0.05, 0.1) is 13.2 Å². The van der Waals surface area contributed by atoms with Crippen molar-refractivity contribution in [2.45, 2.75) is 177 Å². The smallest absolute Gasteiger partial charge is 0.327 e. The summed E-state index contributed by atoms with van der Waals surface area (Å²) >= 11 is 0. The number of nitrogens with one attached hydrogen (secondary N) is 11. The van der Waals surface area contributed by atoms with Gasteiger partial charge in [-0.05, 0) is 61.8 Å². The average molecular weight is 1370 g/mol. The highest BCUT2D eigenvalue weighted by Crippen LogP contribution is 2.27. The maximum absolute atomic E-state index is 14.9. The minimum absolute atomic E-state index is 0.0210. The summed E-state index contributed by atoms with van der Waals surface area (Å²) < 4.78 is 0. The number of hydrogen-bond acceptors (Lipinski definition) is 20. The summed E-state index contributed by atoms with van der Waals surface area (Å²) in [4.78, 5) is 186. The number of carboxylic acid groups (broad SMARTS) is 1. The zero-order valence-electron chi connectivity index (χ0n) is 52.4. The first-order valence-corrected chi connectivity index (χ1v) is 36.0. The highest BCUT2D eigenvalue weighted by atomic mass is 33.1. The molecule has 93 heavy (non-hydrogen) atoms. The molecule has 3 fully saturated rings. The topological polar surface area (TPSA) is 444 Å². The SMILES string of the molecule is CCCC[C@@H]1NC(=O)[C@H](CC)NC(=O)[C@H](Cc2ccccc2)NC(=O)[C@@H]2CSSC[C@H](NC(=O)CN)C(=O)N[C@@H](CSSC[C@@H](C(=O)O)NC(=O)[C@H](Cc3ccc(O)cc3)NC1=O)C(=O)N[C@@H](CO)C(=O)N[C@@H](CCCC)C(=O)N1CCC[C@H]1C(=O)N[C@@H](CC)C(=O)N2. The minimum atomic E-state index is -1.75. The van der Waals surface area contributed by atoms with Gasteiger partial charge in [0.15, 0.2) is 0 Å². The number of rotatable bonds is 16. The second-order valence-corrected chi connectivity index (χ2v) is 27.6. The number of phenolic OH excluding ortho intramolecular Hbond substituents is 1. The molecule has 2 aromatic rings. The number of benzene rings is 2. The maximum atomic E-state index is 14.9. The normalized spacial score (nSPS) is 27.0. The van der Waals surface area contributed by atoms with Crippen molar-refractivity contribution in [3.63, 3.8) is 0 Å². The summed E-state index contributed by atoms with van der Waals surface area (Å²) in [7, 11) is 3.54. The second kappa shape index (κ2) is 39.4. The quantitative estimate of drug-likeness (QED) is 0.0853. The van der Waals surface area contributed by atoms with Gasteiger partial charge in [0.1, 0.15) is 78.3 Å². The predicted octanol–water partition coefficient (Wildman–Crippen LogP) is -1.47. The molecule has 2 bridgehead atoms. The Labute approximate surface area is 555 Å². The van der Waals surface area contributed by atoms with Crippen molar-refractivity contribution in [1.29, 1.82) is 0 Å². The Balaban J connectivity index is 1.66. The van der Waals surface area contributed by atoms with E-state index in [0.717, 1.165) is 43.2 Å². The van der Waals surface area contributed by atoms with Crippen LogP contribution in [0.3, 0.4) is 0 Å². The van der Waals surface area contributed by atoms with Crippen molar-refractivity contribution in [2.75, 3.05) is 42.7 Å². The molecule has 2 aromatic carbocycles. The lowest BCUT2D eigenvalue weighted by Crippen LogP contribution is -2.61. The van der Waals surface area contributed by atoms with Crippen molar-refractivity contribution in [3.05, 3.63) is 65.7 Å². The first-order chi connectivity index (χ1) is 44.5. The highest BCUT2D eigenvalue weighted by Gasteiger charge is 2.41. The first-order valence-electron chi connectivity index (χ1n) is 31.0. The van der Waals surface area contributed by atoms with Crippen molar-refractivity contribution in [3.8, 4) is 5.75 Å². The molecule has 5 rings (SSSR count). The summed E-state index contributed by atoms with van der Waals surface area (Å²) in [6.07, 6.45) is 2.10. The van der Waals surface area contributed by atoms with Gasteiger partial charge < -0.3 is 84.4 Å². The van der Waals surface area contributed by atoms with Crippen molar-refractivity contribution in [2.24, 2.45) is 5.73 Å². The highest BCUT2D eigenvalue weighted by molar-refractivity contribution is 8.77. The molecule has 3 saturated heterocycles. The van der Waals surface area contributed by atoms with Crippen LogP contribution < -0.4 is 64.2 Å². The van der Waals surface area contributed by atoms with E-state index in [1.807, 2.05) is 13.8 Å². The van der Waals surface area contributed by atoms with Gasteiger partial charge in [-0.3, -0.25) is 57.5 Å². The van der Waals surface area contributed by atoms with Gasteiger partial charge in [-0.25, -0.2) is 4.79 Å². The Morgan fingerprint density at radius 3 is 1.55 bits per heavy atom. The molecular formula is C60H87N13O16S4. The fraction of sp³-hybridized carbons (Fsp3) is 0.583. The van der Waals surface area contributed by atoms with E-state index in [0.29, 0.717) is 43.2 Å². The third-order valence-corrected chi connectivity index (χ3v) is 20.3. The molecule has 29 nitrogen and oxygen atoms in total. The van der Waals surface area contributed by atoms with Crippen LogP contribution in [0.4, 0.5) is 0 Å². The van der Waals surface area contributed by atoms with Gasteiger partial charge in [0.2, 0.25) is 70.9 Å². The van der Waals surface area contributed by atoms with E-state index in [2.05, 4.69) is 58.5 Å². The Hall–Kier alpha value is -7.33. The molecule has 0 unspecified atom stereocenters. The third kappa shape index (κ3) is 24.2. The third-order valence-electron chi connectivity index (χ3n) is 15.4. The molecule has 0 aliphatic carbocycles. The van der Waals surface area contributed by atoms with Crippen molar-refractivity contribution in [1.82, 2.24) is 63.4 Å². The molecule has 16 N–H and O–H groups in total. The van der Waals surface area contributed by atoms with E-state index in [1.54, 1.807) is 44.2 Å². The molecule has 33 heteroatoms. The van der Waals surface area contributed by atoms with E-state index in [-0.39, 0.29) is 68.7 Å². The number of aliphatic hydroxyl groups is 1. The van der Waals surface area contributed by atoms with Crippen LogP contribution in [0.15, 0.2) is 54.6 Å². The van der Waals surface area contributed by atoms with E-state index >= 15 is 0 Å². The molecular weight excluding hydrogens is 1290 g/mol. The van der Waals surface area contributed by atoms with Crippen LogP contribution >= 0.6 is 43.2 Å². The van der Waals surface area contributed by atoms with Crippen LogP contribution in [-0.2, 0) is 75.2 Å². The lowest BCUT2D eigenvalue weighted by molar-refractivity contribution is -0.143. The van der Waals surface area contributed by atoms with E-state index in [4.69, 9.17) is 5.73 Å². The van der Waals surface area contributed by atoms with Gasteiger partial charge in [-0.15, -0.1) is 0 Å². The van der Waals surface area contributed by atoms with Crippen LogP contribution in [0, 0.1) is 0 Å². The van der Waals surface area contributed by atoms with Crippen LogP contribution in [0.2, 0.25) is 0 Å². The summed E-state index contributed by atoms with van der Waals surface area (Å²) in [5, 5.41) is 60.0. The number of phenols is 1. The van der Waals surface area contributed by atoms with Crippen LogP contribution in [0.25, 0.3) is 0 Å². The van der Waals surface area contributed by atoms with Gasteiger partial charge in [-0.1, -0.05) is 139 Å². The number of carbonyl (C=O) groups is 13. The van der Waals surface area contributed by atoms with Gasteiger partial charge in [-0.2, -0.15) is 0 Å². The standard InChI is InChI=1S/C60H87N13O16S4/c1-5-9-17-38-51(79)67-41(26-34-20-22-35(75)23-21-34)53(81)72-46(60(88)89)32-93-92-31-45-57(85)69-42(28-74)54(82)66-39(18-10-6-2)59(87)73-24-14-19-47(73)58(86)64-37(8-4)50(78)70-44(30-91-90-29-43(55(83)71-45)62-48(76)27-61)56(84)68-40(25-33-15-12-11-13-16-33)52(80)63-36(7-3)49(77)65-38/h11-13,15-16,20-23,36-47,74-75H,5-10,14,17-19,24-32,61H2,1-4H3,(H,62,76)(H,63,80)(H,64,86)(H,65,77)(H,66,82)(H,67,79)(H,68,84)(H,69,85)(H,70,78)(H,71,83)(H,72,81)(H,88,89)/t36-,37-,38-,39-,40-,41-,42-,43-,44-,45-,46-,47-/m0/s1. The first kappa shape index (κ1) is 76.4. The molecule has 0 radical (unpaired) electrons. The fourth-order valence-electron chi connectivity index (χ4n) is 10.0. The number of carbonyl (C=O) groups excluding carboxylic acids is 12. The number of nitrogens with two attached hydrogens (primary N) is 1. The molecule has 512 valence electrons. The molecule has 0 spiro atoms. The lowest BCUT2D eigenvalue weighted by atomic mass is 10.0. The minimum Gasteiger partial charge on any atom is -0.508 e. The Bertz CT molecular complexity index is 2920. The zero-order chi connectivity index (χ0) is 68.1. The van der Waals surface area contributed by atoms with Crippen molar-refractivity contribution >= 4 is 120 Å². The zero-order valence-corrected chi connectivity index (χ0v) is 55.6. The summed E-state index contributed by atoms with van der Waals surface area (Å²) in [5.74, 6) is -13.5. The fourth-order valence-corrected chi connectivity index (χ4v) is 14.7. The molecule has 12 atom stereocenters. The Kier molecular flexibility index (Phi) is 32.4. The van der Waals surface area contributed by atoms with E-state index in [9.17, 15) is 77.6 Å². The van der Waals surface area contributed by atoms with Crippen molar-refractivity contribution < 1.29 is 77.6 Å². The van der Waals surface area contributed by atoms with Gasteiger partial charge in [0.25, 0.3) is 0 Å². The number of nitrogens with zero attached hydrogens (tertiary/aromatic N) is 1. The van der Waals surface area contributed by atoms with Gasteiger partial charge in [0, 0.05) is 42.4 Å².